The van der Waals surface area contributed by atoms with E-state index in [1.807, 2.05) is 73.7 Å². The highest BCUT2D eigenvalue weighted by molar-refractivity contribution is 5.99. The van der Waals surface area contributed by atoms with E-state index in [2.05, 4.69) is 25.5 Å². The highest BCUT2D eigenvalue weighted by Crippen LogP contribution is 2.11. The summed E-state index contributed by atoms with van der Waals surface area (Å²) in [5, 5.41) is 4.25. The summed E-state index contributed by atoms with van der Waals surface area (Å²) in [5.41, 5.74) is 6.24. The number of hydrazone groups is 1. The number of pyridine rings is 2. The fourth-order valence-electron chi connectivity index (χ4n) is 2.07. The van der Waals surface area contributed by atoms with Crippen LogP contribution < -0.4 is 5.43 Å². The van der Waals surface area contributed by atoms with E-state index in [9.17, 15) is 0 Å². The van der Waals surface area contributed by atoms with Gasteiger partial charge >= 0.3 is 0 Å². The van der Waals surface area contributed by atoms with Crippen molar-refractivity contribution in [2.75, 3.05) is 0 Å². The number of para-hydroxylation sites is 1. The van der Waals surface area contributed by atoms with Crippen LogP contribution in [0, 0.1) is 6.92 Å². The van der Waals surface area contributed by atoms with Crippen LogP contribution in [0.4, 0.5) is 5.69 Å². The van der Waals surface area contributed by atoms with Crippen molar-refractivity contribution >= 4 is 17.7 Å². The van der Waals surface area contributed by atoms with Crippen LogP contribution in [0.15, 0.2) is 83.0 Å². The van der Waals surface area contributed by atoms with Gasteiger partial charge in [-0.05, 0) is 43.3 Å². The molecule has 1 N–H and O–H groups in total. The minimum atomic E-state index is 0.575. The first-order valence-electron chi connectivity index (χ1n) is 7.59. The summed E-state index contributed by atoms with van der Waals surface area (Å²) in [7, 11) is 0. The Morgan fingerprint density at radius 3 is 2.54 bits per heavy atom. The van der Waals surface area contributed by atoms with Gasteiger partial charge in [-0.15, -0.1) is 0 Å². The van der Waals surface area contributed by atoms with Gasteiger partial charge in [0, 0.05) is 11.9 Å². The van der Waals surface area contributed by atoms with Crippen molar-refractivity contribution < 1.29 is 0 Å². The van der Waals surface area contributed by atoms with E-state index in [1.165, 1.54) is 0 Å². The molecule has 5 heteroatoms. The normalized spacial score (nSPS) is 11.6. The molecule has 0 saturated heterocycles. The number of nitrogens with zero attached hydrogens (tertiary/aromatic N) is 4. The summed E-state index contributed by atoms with van der Waals surface area (Å²) in [6, 6.07) is 21.1. The van der Waals surface area contributed by atoms with Crippen molar-refractivity contribution in [3.05, 3.63) is 90.0 Å². The van der Waals surface area contributed by atoms with Crippen LogP contribution in [0.3, 0.4) is 0 Å². The summed E-state index contributed by atoms with van der Waals surface area (Å²) in [5.74, 6) is 0.575. The number of nitrogens with one attached hydrogen (secondary N) is 1. The quantitative estimate of drug-likeness (QED) is 0.455. The number of aryl methyl sites for hydroxylation is 1. The molecule has 0 fully saturated rings. The fourth-order valence-corrected chi connectivity index (χ4v) is 2.07. The van der Waals surface area contributed by atoms with E-state index in [0.717, 1.165) is 22.8 Å². The Labute approximate surface area is 140 Å². The lowest BCUT2D eigenvalue weighted by molar-refractivity contribution is 1.01. The predicted molar refractivity (Wildman–Crippen MR) is 96.6 cm³/mol. The van der Waals surface area contributed by atoms with Crippen LogP contribution in [0.25, 0.3) is 0 Å². The van der Waals surface area contributed by atoms with Crippen molar-refractivity contribution in [3.8, 4) is 0 Å². The average molecular weight is 315 g/mol. The topological polar surface area (TPSA) is 62.5 Å². The molecule has 0 saturated carbocycles. The molecule has 0 aliphatic rings. The number of hydrogen-bond acceptors (Lipinski definition) is 4. The van der Waals surface area contributed by atoms with Gasteiger partial charge in [0.2, 0.25) is 0 Å². The molecule has 2 aromatic heterocycles. The van der Waals surface area contributed by atoms with Crippen LogP contribution >= 0.6 is 0 Å². The van der Waals surface area contributed by atoms with Gasteiger partial charge in [-0.25, -0.2) is 4.99 Å². The highest BCUT2D eigenvalue weighted by Gasteiger charge is 2.03. The lowest BCUT2D eigenvalue weighted by Crippen LogP contribution is -2.20. The van der Waals surface area contributed by atoms with Crippen LogP contribution in [0.2, 0.25) is 0 Å². The third kappa shape index (κ3) is 4.33. The number of amidine groups is 1. The fraction of sp³-hybridized carbons (Fsp3) is 0.0526. The van der Waals surface area contributed by atoms with Crippen LogP contribution in [-0.2, 0) is 0 Å². The van der Waals surface area contributed by atoms with Gasteiger partial charge in [0.25, 0.3) is 0 Å². The van der Waals surface area contributed by atoms with Crippen LogP contribution in [0.5, 0.6) is 0 Å². The standard InChI is InChI=1S/C19H17N5/c1-15-8-7-11-17(22-15)14-21-24-19(18-12-5-6-13-20-18)23-16-9-3-2-4-10-16/h2-14H,1H3,(H,23,24). The summed E-state index contributed by atoms with van der Waals surface area (Å²) >= 11 is 0. The van der Waals surface area contributed by atoms with Gasteiger partial charge in [-0.1, -0.05) is 30.3 Å². The number of hydrogen-bond donors (Lipinski definition) is 1. The zero-order valence-corrected chi connectivity index (χ0v) is 13.3. The molecule has 3 rings (SSSR count). The molecule has 24 heavy (non-hydrogen) atoms. The molecular weight excluding hydrogens is 298 g/mol. The Balaban J connectivity index is 1.84. The van der Waals surface area contributed by atoms with Crippen LogP contribution in [0.1, 0.15) is 17.1 Å². The average Bonchev–Trinajstić information content (AvgIpc) is 2.63. The summed E-state index contributed by atoms with van der Waals surface area (Å²) < 4.78 is 0. The summed E-state index contributed by atoms with van der Waals surface area (Å²) in [4.78, 5) is 13.3. The third-order valence-electron chi connectivity index (χ3n) is 3.18. The molecule has 1 aromatic carbocycles. The van der Waals surface area contributed by atoms with E-state index < -0.39 is 0 Å². The lowest BCUT2D eigenvalue weighted by Gasteiger charge is -2.05. The first kappa shape index (κ1) is 15.6. The summed E-state index contributed by atoms with van der Waals surface area (Å²) in [6.45, 7) is 1.95. The Hall–Kier alpha value is -3.34. The van der Waals surface area contributed by atoms with Gasteiger partial charge < -0.3 is 0 Å². The second kappa shape index (κ2) is 7.78. The van der Waals surface area contributed by atoms with Crippen LogP contribution in [-0.4, -0.2) is 22.0 Å². The number of benzene rings is 1. The van der Waals surface area contributed by atoms with Crippen molar-refractivity contribution in [2.24, 2.45) is 10.1 Å². The molecule has 0 aliphatic carbocycles. The zero-order chi connectivity index (χ0) is 16.6. The van der Waals surface area contributed by atoms with E-state index >= 15 is 0 Å². The largest absolute Gasteiger partial charge is 0.259 e. The maximum absolute atomic E-state index is 4.59. The van der Waals surface area contributed by atoms with Crippen molar-refractivity contribution in [2.45, 2.75) is 6.92 Å². The Bertz CT molecular complexity index is 842. The molecule has 118 valence electrons. The second-order valence-electron chi connectivity index (χ2n) is 5.08. The molecule has 0 bridgehead atoms. The molecule has 0 spiro atoms. The molecule has 2 heterocycles. The van der Waals surface area contributed by atoms with E-state index in [1.54, 1.807) is 12.4 Å². The first-order chi connectivity index (χ1) is 11.8. The smallest absolute Gasteiger partial charge is 0.172 e. The molecule has 3 aromatic rings. The molecule has 0 atom stereocenters. The van der Waals surface area contributed by atoms with Gasteiger partial charge in [0.1, 0.15) is 5.69 Å². The number of rotatable bonds is 4. The Kier molecular flexibility index (Phi) is 5.04. The van der Waals surface area contributed by atoms with E-state index in [4.69, 9.17) is 0 Å². The summed E-state index contributed by atoms with van der Waals surface area (Å²) in [6.07, 6.45) is 3.39. The number of aromatic nitrogens is 2. The first-order valence-corrected chi connectivity index (χ1v) is 7.59. The monoisotopic (exact) mass is 315 g/mol. The van der Waals surface area contributed by atoms with Gasteiger partial charge in [-0.2, -0.15) is 5.10 Å². The van der Waals surface area contributed by atoms with Crippen molar-refractivity contribution in [1.29, 1.82) is 0 Å². The molecule has 0 unspecified atom stereocenters. The third-order valence-corrected chi connectivity index (χ3v) is 3.18. The minimum Gasteiger partial charge on any atom is -0.259 e. The molecule has 0 aliphatic heterocycles. The lowest BCUT2D eigenvalue weighted by atomic mass is 10.3. The Morgan fingerprint density at radius 2 is 1.79 bits per heavy atom. The van der Waals surface area contributed by atoms with Gasteiger partial charge in [0.05, 0.1) is 17.6 Å². The van der Waals surface area contributed by atoms with Gasteiger partial charge in [0.15, 0.2) is 5.84 Å². The molecule has 0 radical (unpaired) electrons. The van der Waals surface area contributed by atoms with E-state index in [-0.39, 0.29) is 0 Å². The second-order valence-corrected chi connectivity index (χ2v) is 5.08. The Morgan fingerprint density at radius 1 is 0.958 bits per heavy atom. The maximum atomic E-state index is 4.59. The van der Waals surface area contributed by atoms with E-state index in [0.29, 0.717) is 5.84 Å². The predicted octanol–water partition coefficient (Wildman–Crippen LogP) is 3.49. The maximum Gasteiger partial charge on any atom is 0.172 e. The van der Waals surface area contributed by atoms with Crippen molar-refractivity contribution in [3.63, 3.8) is 0 Å². The van der Waals surface area contributed by atoms with Gasteiger partial charge in [-0.3, -0.25) is 15.4 Å². The zero-order valence-electron chi connectivity index (χ0n) is 13.3. The SMILES string of the molecule is Cc1cccc(C=NNC(=Nc2ccccc2)c2ccccn2)n1. The minimum absolute atomic E-state index is 0.575. The van der Waals surface area contributed by atoms with Crippen molar-refractivity contribution in [1.82, 2.24) is 15.4 Å². The molecule has 0 amide bonds. The molecular formula is C19H17N5. The number of aliphatic imine (C=N–C) groups is 1. The highest BCUT2D eigenvalue weighted by atomic mass is 15.3. The molecule has 5 nitrogen and oxygen atoms in total.